The smallest absolute Gasteiger partial charge is 0.145 e. The molecule has 0 atom stereocenters. The van der Waals surface area contributed by atoms with Gasteiger partial charge in [0.15, 0.2) is 0 Å². The highest BCUT2D eigenvalue weighted by Gasteiger charge is 2.07. The van der Waals surface area contributed by atoms with Crippen LogP contribution in [-0.4, -0.2) is 11.6 Å². The molecule has 0 amide bonds. The number of pyridine rings is 1. The van der Waals surface area contributed by atoms with Crippen molar-refractivity contribution in [2.24, 2.45) is 0 Å². The standard InChI is InChI=1S/C13H12FIN2O/c14-10-7-13(12(16)8-11(10)15)18-6-4-9-3-1-2-5-17-9/h1-3,5,7-8H,4,6,16H2. The number of nitrogen functional groups attached to an aromatic ring is 1. The van der Waals surface area contributed by atoms with E-state index in [1.54, 1.807) is 12.3 Å². The molecule has 0 unspecified atom stereocenters. The highest BCUT2D eigenvalue weighted by atomic mass is 127. The number of aromatic nitrogens is 1. The average molecular weight is 358 g/mol. The third kappa shape index (κ3) is 3.32. The molecule has 1 aromatic heterocycles. The number of hydrogen-bond acceptors (Lipinski definition) is 3. The van der Waals surface area contributed by atoms with E-state index in [4.69, 9.17) is 10.5 Å². The maximum Gasteiger partial charge on any atom is 0.145 e. The number of benzene rings is 1. The summed E-state index contributed by atoms with van der Waals surface area (Å²) in [6.07, 6.45) is 2.39. The van der Waals surface area contributed by atoms with Gasteiger partial charge < -0.3 is 10.5 Å². The molecular formula is C13H12FIN2O. The Morgan fingerprint density at radius 2 is 2.17 bits per heavy atom. The quantitative estimate of drug-likeness (QED) is 0.675. The van der Waals surface area contributed by atoms with Crippen LogP contribution >= 0.6 is 22.6 Å². The number of anilines is 1. The third-order valence-corrected chi connectivity index (χ3v) is 3.22. The lowest BCUT2D eigenvalue weighted by atomic mass is 10.2. The number of nitrogens with zero attached hydrogens (tertiary/aromatic N) is 1. The first-order valence-electron chi connectivity index (χ1n) is 5.44. The van der Waals surface area contributed by atoms with E-state index in [-0.39, 0.29) is 5.82 Å². The zero-order valence-electron chi connectivity index (χ0n) is 9.57. The molecule has 3 nitrogen and oxygen atoms in total. The molecule has 2 rings (SSSR count). The largest absolute Gasteiger partial charge is 0.491 e. The summed E-state index contributed by atoms with van der Waals surface area (Å²) in [5.41, 5.74) is 7.14. The summed E-state index contributed by atoms with van der Waals surface area (Å²) >= 11 is 1.89. The van der Waals surface area contributed by atoms with Crippen LogP contribution in [0.5, 0.6) is 5.75 Å². The van der Waals surface area contributed by atoms with Crippen molar-refractivity contribution in [1.82, 2.24) is 4.98 Å². The fourth-order valence-electron chi connectivity index (χ4n) is 1.48. The van der Waals surface area contributed by atoms with Crippen molar-refractivity contribution in [2.45, 2.75) is 6.42 Å². The van der Waals surface area contributed by atoms with E-state index in [1.807, 2.05) is 40.8 Å². The molecule has 0 spiro atoms. The SMILES string of the molecule is Nc1cc(I)c(F)cc1OCCc1ccccn1. The molecule has 0 aliphatic carbocycles. The van der Waals surface area contributed by atoms with Crippen molar-refractivity contribution >= 4 is 28.3 Å². The Bertz CT molecular complexity index is 534. The fraction of sp³-hybridized carbons (Fsp3) is 0.154. The molecule has 0 saturated carbocycles. The van der Waals surface area contributed by atoms with Crippen LogP contribution in [0.4, 0.5) is 10.1 Å². The predicted octanol–water partition coefficient (Wildman–Crippen LogP) is 3.03. The van der Waals surface area contributed by atoms with Crippen LogP contribution in [0, 0.1) is 9.39 Å². The van der Waals surface area contributed by atoms with Crippen LogP contribution in [0.25, 0.3) is 0 Å². The van der Waals surface area contributed by atoms with E-state index in [1.165, 1.54) is 6.07 Å². The van der Waals surface area contributed by atoms with Crippen molar-refractivity contribution in [3.05, 3.63) is 51.6 Å². The van der Waals surface area contributed by atoms with E-state index >= 15 is 0 Å². The van der Waals surface area contributed by atoms with Crippen LogP contribution in [0.1, 0.15) is 5.69 Å². The Kier molecular flexibility index (Phi) is 4.35. The topological polar surface area (TPSA) is 48.1 Å². The lowest BCUT2D eigenvalue weighted by molar-refractivity contribution is 0.320. The van der Waals surface area contributed by atoms with Crippen molar-refractivity contribution < 1.29 is 9.13 Å². The van der Waals surface area contributed by atoms with Gasteiger partial charge in [-0.1, -0.05) is 6.07 Å². The van der Waals surface area contributed by atoms with Gasteiger partial charge in [-0.3, -0.25) is 4.98 Å². The molecule has 1 heterocycles. The van der Waals surface area contributed by atoms with Crippen LogP contribution in [0.3, 0.4) is 0 Å². The zero-order chi connectivity index (χ0) is 13.0. The van der Waals surface area contributed by atoms with Crippen molar-refractivity contribution in [2.75, 3.05) is 12.3 Å². The van der Waals surface area contributed by atoms with Crippen molar-refractivity contribution in [1.29, 1.82) is 0 Å². The number of ether oxygens (including phenoxy) is 1. The van der Waals surface area contributed by atoms with Gasteiger partial charge in [-0.2, -0.15) is 0 Å². The molecule has 0 aliphatic heterocycles. The maximum atomic E-state index is 13.4. The Morgan fingerprint density at radius 3 is 2.89 bits per heavy atom. The number of rotatable bonds is 4. The molecule has 2 N–H and O–H groups in total. The zero-order valence-corrected chi connectivity index (χ0v) is 11.7. The lowest BCUT2D eigenvalue weighted by Gasteiger charge is -2.09. The summed E-state index contributed by atoms with van der Waals surface area (Å²) in [5.74, 6) is 0.0569. The second-order valence-corrected chi connectivity index (χ2v) is 4.89. The molecule has 2 aromatic rings. The Labute approximate surface area is 118 Å². The van der Waals surface area contributed by atoms with Gasteiger partial charge in [-0.15, -0.1) is 0 Å². The van der Waals surface area contributed by atoms with Gasteiger partial charge in [-0.25, -0.2) is 4.39 Å². The minimum atomic E-state index is -0.322. The highest BCUT2D eigenvalue weighted by molar-refractivity contribution is 14.1. The first-order valence-corrected chi connectivity index (χ1v) is 6.52. The minimum absolute atomic E-state index is 0.322. The summed E-state index contributed by atoms with van der Waals surface area (Å²) in [6, 6.07) is 8.57. The van der Waals surface area contributed by atoms with Crippen LogP contribution in [-0.2, 0) is 6.42 Å². The second kappa shape index (κ2) is 5.99. The van der Waals surface area contributed by atoms with Gasteiger partial charge in [-0.05, 0) is 40.8 Å². The van der Waals surface area contributed by atoms with Crippen molar-refractivity contribution in [3.63, 3.8) is 0 Å². The summed E-state index contributed by atoms with van der Waals surface area (Å²) < 4.78 is 19.3. The molecule has 1 aromatic carbocycles. The van der Waals surface area contributed by atoms with E-state index in [9.17, 15) is 4.39 Å². The van der Waals surface area contributed by atoms with E-state index < -0.39 is 0 Å². The van der Waals surface area contributed by atoms with Crippen molar-refractivity contribution in [3.8, 4) is 5.75 Å². The van der Waals surface area contributed by atoms with Gasteiger partial charge in [0.05, 0.1) is 15.9 Å². The summed E-state index contributed by atoms with van der Waals surface area (Å²) in [5, 5.41) is 0. The number of nitrogens with two attached hydrogens (primary N) is 1. The first kappa shape index (κ1) is 13.1. The summed E-state index contributed by atoms with van der Waals surface area (Å²) in [7, 11) is 0. The maximum absolute atomic E-state index is 13.4. The van der Waals surface area contributed by atoms with Gasteiger partial charge in [0, 0.05) is 24.4 Å². The van der Waals surface area contributed by atoms with Crippen LogP contribution in [0.15, 0.2) is 36.5 Å². The number of hydrogen-bond donors (Lipinski definition) is 1. The van der Waals surface area contributed by atoms with Gasteiger partial charge >= 0.3 is 0 Å². The molecular weight excluding hydrogens is 346 g/mol. The predicted molar refractivity (Wildman–Crippen MR) is 77.0 cm³/mol. The summed E-state index contributed by atoms with van der Waals surface area (Å²) in [6.45, 7) is 0.418. The van der Waals surface area contributed by atoms with Gasteiger partial charge in [0.2, 0.25) is 0 Å². The second-order valence-electron chi connectivity index (χ2n) is 3.72. The molecule has 18 heavy (non-hydrogen) atoms. The van der Waals surface area contributed by atoms with E-state index in [2.05, 4.69) is 4.98 Å². The fourth-order valence-corrected chi connectivity index (χ4v) is 1.97. The first-order chi connectivity index (χ1) is 8.66. The highest BCUT2D eigenvalue weighted by Crippen LogP contribution is 2.26. The molecule has 0 aliphatic rings. The molecule has 0 saturated heterocycles. The third-order valence-electron chi connectivity index (χ3n) is 2.39. The molecule has 0 bridgehead atoms. The Hall–Kier alpha value is -1.37. The van der Waals surface area contributed by atoms with E-state index in [0.717, 1.165) is 5.69 Å². The minimum Gasteiger partial charge on any atom is -0.491 e. The lowest BCUT2D eigenvalue weighted by Crippen LogP contribution is -2.05. The molecule has 0 radical (unpaired) electrons. The number of halogens is 2. The Balaban J connectivity index is 1.97. The summed E-state index contributed by atoms with van der Waals surface area (Å²) in [4.78, 5) is 4.18. The van der Waals surface area contributed by atoms with Gasteiger partial charge in [0.1, 0.15) is 11.6 Å². The molecule has 0 fully saturated rings. The molecule has 5 heteroatoms. The molecule has 94 valence electrons. The monoisotopic (exact) mass is 358 g/mol. The average Bonchev–Trinajstić information content (AvgIpc) is 2.37. The normalized spacial score (nSPS) is 10.3. The van der Waals surface area contributed by atoms with Crippen LogP contribution < -0.4 is 10.5 Å². The van der Waals surface area contributed by atoms with Gasteiger partial charge in [0.25, 0.3) is 0 Å². The van der Waals surface area contributed by atoms with Crippen LogP contribution in [0.2, 0.25) is 0 Å². The van der Waals surface area contributed by atoms with E-state index in [0.29, 0.717) is 28.0 Å². The Morgan fingerprint density at radius 1 is 1.33 bits per heavy atom.